The third-order valence-electron chi connectivity index (χ3n) is 7.76. The standard InChI is InChI=1S/C26H31N5OS/c1-27-22(32)14-21-23(16-6-3-2-4-7-16)24-25(28-15-29-26(24)33-21)31-19-10-11-20(31)13-18(12-19)30-17-8-5-9-17/h2-4,6-7,15,17-20,30H,5,8-14H2,1H3,(H,27,32). The van der Waals surface area contributed by atoms with Gasteiger partial charge >= 0.3 is 0 Å². The van der Waals surface area contributed by atoms with Crippen LogP contribution in [-0.4, -0.2) is 47.1 Å². The Labute approximate surface area is 198 Å². The number of piperidine rings is 1. The van der Waals surface area contributed by atoms with Crippen molar-refractivity contribution in [1.82, 2.24) is 20.6 Å². The smallest absolute Gasteiger partial charge is 0.225 e. The number of aromatic nitrogens is 2. The van der Waals surface area contributed by atoms with Gasteiger partial charge in [0.1, 0.15) is 17.0 Å². The fourth-order valence-corrected chi connectivity index (χ4v) is 7.15. The lowest BCUT2D eigenvalue weighted by Gasteiger charge is -2.42. The number of rotatable bonds is 6. The van der Waals surface area contributed by atoms with Crippen molar-refractivity contribution in [2.45, 2.75) is 75.5 Å². The van der Waals surface area contributed by atoms with Crippen LogP contribution < -0.4 is 15.5 Å². The van der Waals surface area contributed by atoms with E-state index in [-0.39, 0.29) is 5.91 Å². The topological polar surface area (TPSA) is 70.2 Å². The Morgan fingerprint density at radius 1 is 1.06 bits per heavy atom. The first kappa shape index (κ1) is 21.1. The molecule has 2 aromatic heterocycles. The summed E-state index contributed by atoms with van der Waals surface area (Å²) in [5.41, 5.74) is 2.26. The normalized spacial score (nSPS) is 24.8. The third-order valence-corrected chi connectivity index (χ3v) is 8.86. The summed E-state index contributed by atoms with van der Waals surface area (Å²) in [6, 6.07) is 12.8. The van der Waals surface area contributed by atoms with Crippen molar-refractivity contribution in [1.29, 1.82) is 0 Å². The molecule has 3 aromatic rings. The van der Waals surface area contributed by atoms with Crippen LogP contribution >= 0.6 is 11.3 Å². The van der Waals surface area contributed by atoms with Gasteiger partial charge in [0.2, 0.25) is 5.91 Å². The molecule has 1 amide bonds. The zero-order valence-electron chi connectivity index (χ0n) is 19.1. The van der Waals surface area contributed by atoms with Crippen LogP contribution in [0.1, 0.15) is 49.8 Å². The highest BCUT2D eigenvalue weighted by atomic mass is 32.1. The number of hydrogen-bond donors (Lipinski definition) is 2. The Morgan fingerprint density at radius 2 is 1.82 bits per heavy atom. The van der Waals surface area contributed by atoms with Crippen molar-refractivity contribution in [3.05, 3.63) is 41.5 Å². The summed E-state index contributed by atoms with van der Waals surface area (Å²) in [7, 11) is 1.70. The highest BCUT2D eigenvalue weighted by Gasteiger charge is 2.43. The van der Waals surface area contributed by atoms with Crippen LogP contribution in [0.25, 0.3) is 21.3 Å². The van der Waals surface area contributed by atoms with Gasteiger partial charge in [-0.3, -0.25) is 4.79 Å². The Kier molecular flexibility index (Phi) is 5.54. The van der Waals surface area contributed by atoms with Gasteiger partial charge < -0.3 is 15.5 Å². The molecular formula is C26H31N5OS. The first-order valence-electron chi connectivity index (χ1n) is 12.3. The van der Waals surface area contributed by atoms with Crippen LogP contribution in [0.3, 0.4) is 0 Å². The average Bonchev–Trinajstić information content (AvgIpc) is 3.30. The van der Waals surface area contributed by atoms with Crippen LogP contribution in [-0.2, 0) is 11.2 Å². The first-order valence-corrected chi connectivity index (χ1v) is 13.1. The highest BCUT2D eigenvalue weighted by Crippen LogP contribution is 2.46. The molecule has 1 aromatic carbocycles. The second-order valence-electron chi connectivity index (χ2n) is 9.75. The molecule has 0 radical (unpaired) electrons. The van der Waals surface area contributed by atoms with Gasteiger partial charge in [0.05, 0.1) is 11.8 Å². The zero-order chi connectivity index (χ0) is 22.4. The van der Waals surface area contributed by atoms with Gasteiger partial charge in [-0.05, 0) is 44.1 Å². The van der Waals surface area contributed by atoms with Gasteiger partial charge in [-0.15, -0.1) is 11.3 Å². The number of fused-ring (bicyclic) bond motifs is 3. The van der Waals surface area contributed by atoms with Crippen LogP contribution in [0.2, 0.25) is 0 Å². The second kappa shape index (κ2) is 8.69. The molecule has 2 N–H and O–H groups in total. The summed E-state index contributed by atoms with van der Waals surface area (Å²) in [6.07, 6.45) is 11.0. The number of benzene rings is 1. The molecule has 1 aliphatic carbocycles. The van der Waals surface area contributed by atoms with Gasteiger partial charge in [-0.2, -0.15) is 0 Å². The molecule has 33 heavy (non-hydrogen) atoms. The number of nitrogens with zero attached hydrogens (tertiary/aromatic N) is 3. The van der Waals surface area contributed by atoms with Crippen LogP contribution in [0, 0.1) is 0 Å². The molecule has 7 heteroatoms. The van der Waals surface area contributed by atoms with E-state index in [2.05, 4.69) is 44.8 Å². The number of nitrogens with one attached hydrogen (secondary N) is 2. The fraction of sp³-hybridized carbons (Fsp3) is 0.500. The Hall–Kier alpha value is -2.51. The third kappa shape index (κ3) is 3.81. The van der Waals surface area contributed by atoms with E-state index in [9.17, 15) is 4.79 Å². The molecule has 6 nitrogen and oxygen atoms in total. The molecule has 3 fully saturated rings. The number of amides is 1. The van der Waals surface area contributed by atoms with Crippen molar-refractivity contribution in [3.63, 3.8) is 0 Å². The van der Waals surface area contributed by atoms with E-state index in [4.69, 9.17) is 4.98 Å². The molecule has 3 aliphatic rings. The van der Waals surface area contributed by atoms with Gasteiger partial charge in [-0.1, -0.05) is 36.8 Å². The number of carbonyl (C=O) groups is 1. The maximum Gasteiger partial charge on any atom is 0.225 e. The maximum absolute atomic E-state index is 12.3. The van der Waals surface area contributed by atoms with Gasteiger partial charge in [0.25, 0.3) is 0 Å². The number of anilines is 1. The van der Waals surface area contributed by atoms with E-state index in [1.54, 1.807) is 24.7 Å². The lowest BCUT2D eigenvalue weighted by Crippen LogP contribution is -2.52. The number of hydrogen-bond acceptors (Lipinski definition) is 6. The molecule has 2 aliphatic heterocycles. The van der Waals surface area contributed by atoms with Crippen molar-refractivity contribution >= 4 is 33.3 Å². The summed E-state index contributed by atoms with van der Waals surface area (Å²) in [6.45, 7) is 0. The highest BCUT2D eigenvalue weighted by molar-refractivity contribution is 7.19. The minimum absolute atomic E-state index is 0.0243. The summed E-state index contributed by atoms with van der Waals surface area (Å²) in [5, 5.41) is 7.84. The molecule has 172 valence electrons. The molecule has 1 saturated carbocycles. The summed E-state index contributed by atoms with van der Waals surface area (Å²) in [4.78, 5) is 26.5. The van der Waals surface area contributed by atoms with E-state index < -0.39 is 0 Å². The van der Waals surface area contributed by atoms with Crippen molar-refractivity contribution in [3.8, 4) is 11.1 Å². The molecule has 2 bridgehead atoms. The van der Waals surface area contributed by atoms with E-state index in [0.717, 1.165) is 38.1 Å². The fourth-order valence-electron chi connectivity index (χ4n) is 6.00. The van der Waals surface area contributed by atoms with Gasteiger partial charge in [0.15, 0.2) is 0 Å². The van der Waals surface area contributed by atoms with E-state index in [1.807, 2.05) is 6.07 Å². The van der Waals surface area contributed by atoms with Crippen molar-refractivity contribution in [2.24, 2.45) is 0 Å². The van der Waals surface area contributed by atoms with Crippen LogP contribution in [0.4, 0.5) is 5.82 Å². The Bertz CT molecular complexity index is 1140. The van der Waals surface area contributed by atoms with Crippen molar-refractivity contribution in [2.75, 3.05) is 11.9 Å². The molecule has 2 saturated heterocycles. The minimum atomic E-state index is 0.0243. The molecule has 4 heterocycles. The van der Waals surface area contributed by atoms with Crippen LogP contribution in [0.15, 0.2) is 36.7 Å². The minimum Gasteiger partial charge on any atom is -0.359 e. The maximum atomic E-state index is 12.3. The van der Waals surface area contributed by atoms with Gasteiger partial charge in [-0.25, -0.2) is 9.97 Å². The average molecular weight is 462 g/mol. The summed E-state index contributed by atoms with van der Waals surface area (Å²) < 4.78 is 0. The first-order chi connectivity index (χ1) is 16.2. The monoisotopic (exact) mass is 461 g/mol. The lowest BCUT2D eigenvalue weighted by molar-refractivity contribution is -0.119. The van der Waals surface area contributed by atoms with E-state index in [0.29, 0.717) is 24.5 Å². The Morgan fingerprint density at radius 3 is 2.48 bits per heavy atom. The largest absolute Gasteiger partial charge is 0.359 e. The summed E-state index contributed by atoms with van der Waals surface area (Å²) in [5.74, 6) is 1.09. The van der Waals surface area contributed by atoms with Crippen molar-refractivity contribution < 1.29 is 4.79 Å². The summed E-state index contributed by atoms with van der Waals surface area (Å²) >= 11 is 1.63. The lowest BCUT2D eigenvalue weighted by atomic mass is 9.89. The Balaban J connectivity index is 1.41. The SMILES string of the molecule is CNC(=O)Cc1sc2ncnc(N3C4CCC3CC(NC3CCC3)C4)c2c1-c1ccccc1. The number of likely N-dealkylation sites (N-methyl/N-ethyl adjacent to an activating group) is 1. The van der Waals surface area contributed by atoms with Crippen LogP contribution in [0.5, 0.6) is 0 Å². The second-order valence-corrected chi connectivity index (χ2v) is 10.8. The zero-order valence-corrected chi connectivity index (χ0v) is 19.9. The molecule has 0 spiro atoms. The predicted octanol–water partition coefficient (Wildman–Crippen LogP) is 4.29. The van der Waals surface area contributed by atoms with Gasteiger partial charge in [0, 0.05) is 41.7 Å². The number of thiophene rings is 1. The predicted molar refractivity (Wildman–Crippen MR) is 134 cm³/mol. The number of carbonyl (C=O) groups excluding carboxylic acids is 1. The molecular weight excluding hydrogens is 430 g/mol. The molecule has 2 unspecified atom stereocenters. The van der Waals surface area contributed by atoms with E-state index in [1.165, 1.54) is 44.9 Å². The van der Waals surface area contributed by atoms with E-state index >= 15 is 0 Å². The molecule has 6 rings (SSSR count). The molecule has 2 atom stereocenters. The quantitative estimate of drug-likeness (QED) is 0.573.